The van der Waals surface area contributed by atoms with Crippen LogP contribution in [0.3, 0.4) is 0 Å². The molecule has 1 unspecified atom stereocenters. The molecule has 6 heteroatoms. The Bertz CT molecular complexity index is 314. The molecule has 0 spiro atoms. The number of rotatable bonds is 3. The van der Waals surface area contributed by atoms with E-state index in [4.69, 9.17) is 10.00 Å². The lowest BCUT2D eigenvalue weighted by atomic mass is 10.4. The lowest BCUT2D eigenvalue weighted by Crippen LogP contribution is -2.44. The van der Waals surface area contributed by atoms with Gasteiger partial charge in [0.1, 0.15) is 0 Å². The number of nitriles is 1. The molecule has 1 aliphatic rings. The molecule has 1 heterocycles. The monoisotopic (exact) mass is 218 g/mol. The second-order valence-corrected chi connectivity index (χ2v) is 5.20. The minimum absolute atomic E-state index is 0.330. The maximum atomic E-state index is 11.8. The fraction of sp³-hybridized carbons (Fsp3) is 0.875. The first-order valence-electron chi connectivity index (χ1n) is 4.59. The highest BCUT2D eigenvalue weighted by atomic mass is 32.2. The highest BCUT2D eigenvalue weighted by molar-refractivity contribution is 7.90. The normalized spacial score (nSPS) is 21.4. The minimum Gasteiger partial charge on any atom is -0.379 e. The van der Waals surface area contributed by atoms with E-state index < -0.39 is 15.3 Å². The van der Waals surface area contributed by atoms with Crippen LogP contribution in [0.15, 0.2) is 0 Å². The van der Waals surface area contributed by atoms with Crippen molar-refractivity contribution < 1.29 is 13.2 Å². The molecule has 0 saturated carbocycles. The number of ether oxygens (including phenoxy) is 1. The van der Waals surface area contributed by atoms with Gasteiger partial charge in [-0.1, -0.05) is 6.92 Å². The molecule has 1 rings (SSSR count). The zero-order valence-electron chi connectivity index (χ0n) is 8.14. The van der Waals surface area contributed by atoms with Crippen molar-refractivity contribution in [2.75, 3.05) is 26.3 Å². The van der Waals surface area contributed by atoms with Gasteiger partial charge in [0, 0.05) is 13.1 Å². The van der Waals surface area contributed by atoms with Crippen LogP contribution >= 0.6 is 0 Å². The average molecular weight is 218 g/mol. The van der Waals surface area contributed by atoms with Gasteiger partial charge in [0.25, 0.3) is 0 Å². The largest absolute Gasteiger partial charge is 0.379 e. The van der Waals surface area contributed by atoms with E-state index in [2.05, 4.69) is 0 Å². The summed E-state index contributed by atoms with van der Waals surface area (Å²) in [4.78, 5) is 0. The quantitative estimate of drug-likeness (QED) is 0.666. The first kappa shape index (κ1) is 11.4. The number of hydrogen-bond donors (Lipinski definition) is 0. The average Bonchev–Trinajstić information content (AvgIpc) is 2.20. The second kappa shape index (κ2) is 4.73. The van der Waals surface area contributed by atoms with Crippen LogP contribution in [-0.2, 0) is 14.8 Å². The van der Waals surface area contributed by atoms with Gasteiger partial charge in [-0.25, -0.2) is 8.42 Å². The van der Waals surface area contributed by atoms with Crippen molar-refractivity contribution in [2.45, 2.75) is 18.6 Å². The van der Waals surface area contributed by atoms with Crippen LogP contribution in [0.2, 0.25) is 0 Å². The standard InChI is InChI=1S/C8H14N2O3S/c1-2-8(7-9)14(11,12)10-3-5-13-6-4-10/h8H,2-6H2,1H3. The lowest BCUT2D eigenvalue weighted by Gasteiger charge is -2.27. The number of sulfonamides is 1. The third kappa shape index (κ3) is 2.23. The summed E-state index contributed by atoms with van der Waals surface area (Å²) in [5.74, 6) is 0. The van der Waals surface area contributed by atoms with Crippen molar-refractivity contribution in [1.82, 2.24) is 4.31 Å². The minimum atomic E-state index is -3.43. The Morgan fingerprint density at radius 2 is 2.07 bits per heavy atom. The Morgan fingerprint density at radius 1 is 1.50 bits per heavy atom. The summed E-state index contributed by atoms with van der Waals surface area (Å²) in [6.07, 6.45) is 0.330. The van der Waals surface area contributed by atoms with Crippen molar-refractivity contribution in [3.05, 3.63) is 0 Å². The number of morpholine rings is 1. The van der Waals surface area contributed by atoms with Crippen LogP contribution in [0, 0.1) is 11.3 Å². The van der Waals surface area contributed by atoms with Gasteiger partial charge in [0.05, 0.1) is 19.3 Å². The predicted molar refractivity (Wildman–Crippen MR) is 51.0 cm³/mol. The maximum Gasteiger partial charge on any atom is 0.230 e. The topological polar surface area (TPSA) is 70.4 Å². The Labute approximate surface area is 84.3 Å². The zero-order chi connectivity index (χ0) is 10.6. The summed E-state index contributed by atoms with van der Waals surface area (Å²) in [5, 5.41) is 7.79. The molecule has 1 fully saturated rings. The predicted octanol–water partition coefficient (Wildman–Crippen LogP) is -0.0494. The van der Waals surface area contributed by atoms with Crippen LogP contribution < -0.4 is 0 Å². The van der Waals surface area contributed by atoms with Crippen molar-refractivity contribution in [1.29, 1.82) is 5.26 Å². The molecule has 0 radical (unpaired) electrons. The molecule has 80 valence electrons. The van der Waals surface area contributed by atoms with E-state index in [-0.39, 0.29) is 0 Å². The van der Waals surface area contributed by atoms with E-state index >= 15 is 0 Å². The molecule has 5 nitrogen and oxygen atoms in total. The third-order valence-corrected chi connectivity index (χ3v) is 4.45. The molecule has 1 saturated heterocycles. The van der Waals surface area contributed by atoms with Gasteiger partial charge in [-0.15, -0.1) is 0 Å². The van der Waals surface area contributed by atoms with Gasteiger partial charge in [-0.05, 0) is 6.42 Å². The van der Waals surface area contributed by atoms with E-state index in [1.165, 1.54) is 4.31 Å². The van der Waals surface area contributed by atoms with Crippen LogP contribution in [0.4, 0.5) is 0 Å². The Kier molecular flexibility index (Phi) is 3.86. The van der Waals surface area contributed by atoms with Crippen molar-refractivity contribution in [2.24, 2.45) is 0 Å². The van der Waals surface area contributed by atoms with E-state index in [9.17, 15) is 8.42 Å². The van der Waals surface area contributed by atoms with Gasteiger partial charge >= 0.3 is 0 Å². The van der Waals surface area contributed by atoms with Crippen LogP contribution in [0.25, 0.3) is 0 Å². The first-order valence-corrected chi connectivity index (χ1v) is 6.09. The SMILES string of the molecule is CCC(C#N)S(=O)(=O)N1CCOCC1. The summed E-state index contributed by atoms with van der Waals surface area (Å²) >= 11 is 0. The van der Waals surface area contributed by atoms with Crippen LogP contribution in [0.1, 0.15) is 13.3 Å². The molecular formula is C8H14N2O3S. The van der Waals surface area contributed by atoms with Crippen molar-refractivity contribution in [3.8, 4) is 6.07 Å². The molecule has 0 aromatic heterocycles. The molecule has 0 aromatic rings. The van der Waals surface area contributed by atoms with Crippen LogP contribution in [0.5, 0.6) is 0 Å². The molecule has 1 aliphatic heterocycles. The summed E-state index contributed by atoms with van der Waals surface area (Å²) < 4.78 is 30.0. The molecule has 0 amide bonds. The molecule has 1 atom stereocenters. The number of nitrogens with zero attached hydrogens (tertiary/aromatic N) is 2. The molecule has 0 aromatic carbocycles. The number of hydrogen-bond acceptors (Lipinski definition) is 4. The first-order chi connectivity index (χ1) is 6.62. The smallest absolute Gasteiger partial charge is 0.230 e. The zero-order valence-corrected chi connectivity index (χ0v) is 8.96. The highest BCUT2D eigenvalue weighted by Crippen LogP contribution is 2.13. The van der Waals surface area contributed by atoms with Crippen molar-refractivity contribution in [3.63, 3.8) is 0 Å². The van der Waals surface area contributed by atoms with Gasteiger partial charge in [-0.2, -0.15) is 9.57 Å². The van der Waals surface area contributed by atoms with Gasteiger partial charge < -0.3 is 4.74 Å². The van der Waals surface area contributed by atoms with Crippen LogP contribution in [-0.4, -0.2) is 44.3 Å². The fourth-order valence-electron chi connectivity index (χ4n) is 1.35. The second-order valence-electron chi connectivity index (χ2n) is 3.08. The third-order valence-electron chi connectivity index (χ3n) is 2.20. The van der Waals surface area contributed by atoms with Crippen molar-refractivity contribution >= 4 is 10.0 Å². The Morgan fingerprint density at radius 3 is 2.50 bits per heavy atom. The molecule has 0 N–H and O–H groups in total. The van der Waals surface area contributed by atoms with E-state index in [1.54, 1.807) is 6.92 Å². The van der Waals surface area contributed by atoms with Gasteiger partial charge in [0.2, 0.25) is 10.0 Å². The van der Waals surface area contributed by atoms with Gasteiger partial charge in [0.15, 0.2) is 5.25 Å². The summed E-state index contributed by atoms with van der Waals surface area (Å²) in [6, 6.07) is 1.82. The molecule has 0 aliphatic carbocycles. The summed E-state index contributed by atoms with van der Waals surface area (Å²) in [7, 11) is -3.43. The maximum absolute atomic E-state index is 11.8. The molecule has 0 bridgehead atoms. The molecular weight excluding hydrogens is 204 g/mol. The van der Waals surface area contributed by atoms with Gasteiger partial charge in [-0.3, -0.25) is 0 Å². The Hall–Kier alpha value is -0.640. The van der Waals surface area contributed by atoms with E-state index in [0.29, 0.717) is 32.7 Å². The Balaban J connectivity index is 2.78. The summed E-state index contributed by atoms with van der Waals surface area (Å²) in [5.41, 5.74) is 0. The van der Waals surface area contributed by atoms with E-state index in [1.807, 2.05) is 6.07 Å². The highest BCUT2D eigenvalue weighted by Gasteiger charge is 2.31. The molecule has 14 heavy (non-hydrogen) atoms. The van der Waals surface area contributed by atoms with E-state index in [0.717, 1.165) is 0 Å². The fourth-order valence-corrected chi connectivity index (χ4v) is 2.92. The lowest BCUT2D eigenvalue weighted by molar-refractivity contribution is 0.0728. The summed E-state index contributed by atoms with van der Waals surface area (Å²) in [6.45, 7) is 3.26.